The van der Waals surface area contributed by atoms with Gasteiger partial charge in [-0.3, -0.25) is 4.79 Å². The van der Waals surface area contributed by atoms with Crippen molar-refractivity contribution in [2.75, 3.05) is 6.54 Å². The summed E-state index contributed by atoms with van der Waals surface area (Å²) in [5.41, 5.74) is 3.37. The lowest BCUT2D eigenvalue weighted by Gasteiger charge is -2.11. The van der Waals surface area contributed by atoms with Crippen molar-refractivity contribution in [3.05, 3.63) is 78.1 Å². The van der Waals surface area contributed by atoms with Gasteiger partial charge in [0.15, 0.2) is 0 Å². The van der Waals surface area contributed by atoms with E-state index in [9.17, 15) is 4.79 Å². The maximum Gasteiger partial charge on any atom is 0.220 e. The molecule has 3 aromatic rings. The highest BCUT2D eigenvalue weighted by atomic mass is 16.1. The molecule has 4 heteroatoms. The van der Waals surface area contributed by atoms with Crippen LogP contribution in [-0.2, 0) is 17.8 Å². The number of nitrogens with zero attached hydrogens (tertiary/aromatic N) is 2. The van der Waals surface area contributed by atoms with Crippen LogP contribution in [-0.4, -0.2) is 22.0 Å². The zero-order valence-corrected chi connectivity index (χ0v) is 14.5. The Bertz CT molecular complexity index is 810. The number of amides is 1. The summed E-state index contributed by atoms with van der Waals surface area (Å²) < 4.78 is 2.15. The Morgan fingerprint density at radius 3 is 2.44 bits per heavy atom. The van der Waals surface area contributed by atoms with Crippen LogP contribution in [0, 0.1) is 6.92 Å². The largest absolute Gasteiger partial charge is 0.354 e. The van der Waals surface area contributed by atoms with Crippen LogP contribution in [0.4, 0.5) is 0 Å². The molecule has 0 saturated heterocycles. The highest BCUT2D eigenvalue weighted by Gasteiger charge is 2.09. The minimum atomic E-state index is 0.0860. The van der Waals surface area contributed by atoms with E-state index in [1.54, 1.807) is 0 Å². The molecule has 2 aromatic carbocycles. The zero-order valence-electron chi connectivity index (χ0n) is 14.5. The maximum absolute atomic E-state index is 12.0. The Hall–Kier alpha value is -2.88. The zero-order chi connectivity index (χ0) is 17.5. The fourth-order valence-corrected chi connectivity index (χ4v) is 2.86. The molecule has 1 amide bonds. The Balaban J connectivity index is 1.52. The van der Waals surface area contributed by atoms with Gasteiger partial charge in [0.05, 0.1) is 0 Å². The van der Waals surface area contributed by atoms with Gasteiger partial charge in [0.25, 0.3) is 0 Å². The molecule has 0 atom stereocenters. The first-order valence-corrected chi connectivity index (χ1v) is 8.62. The van der Waals surface area contributed by atoms with Gasteiger partial charge >= 0.3 is 0 Å². The number of hydrogen-bond acceptors (Lipinski definition) is 2. The molecule has 0 unspecified atom stereocenters. The molecule has 0 bridgehead atoms. The van der Waals surface area contributed by atoms with Crippen LogP contribution in [0.3, 0.4) is 0 Å². The lowest BCUT2D eigenvalue weighted by Crippen LogP contribution is -2.27. The fourth-order valence-electron chi connectivity index (χ4n) is 2.86. The molecule has 0 aliphatic rings. The lowest BCUT2D eigenvalue weighted by molar-refractivity contribution is -0.121. The summed E-state index contributed by atoms with van der Waals surface area (Å²) in [6.07, 6.45) is 3.16. The third kappa shape index (κ3) is 4.57. The van der Waals surface area contributed by atoms with E-state index in [1.807, 2.05) is 61.7 Å². The minimum Gasteiger partial charge on any atom is -0.354 e. The number of carbonyl (C=O) groups excluding carboxylic acids is 1. The molecule has 1 N–H and O–H groups in total. The van der Waals surface area contributed by atoms with Gasteiger partial charge in [-0.1, -0.05) is 60.7 Å². The highest BCUT2D eigenvalue weighted by Crippen LogP contribution is 2.18. The molecular weight excluding hydrogens is 310 g/mol. The van der Waals surface area contributed by atoms with Gasteiger partial charge in [-0.2, -0.15) is 0 Å². The normalized spacial score (nSPS) is 10.6. The number of aromatic nitrogens is 2. The van der Waals surface area contributed by atoms with Crippen molar-refractivity contribution in [3.63, 3.8) is 0 Å². The van der Waals surface area contributed by atoms with Gasteiger partial charge in [-0.05, 0) is 18.9 Å². The first kappa shape index (κ1) is 17.0. The van der Waals surface area contributed by atoms with Crippen LogP contribution < -0.4 is 5.32 Å². The topological polar surface area (TPSA) is 46.9 Å². The molecule has 0 spiro atoms. The molecule has 1 aromatic heterocycles. The standard InChI is InChI=1S/C21H23N3O/c1-17-16-23-21(19-10-6-3-7-11-19)24(17)15-14-22-20(25)13-12-18-8-4-2-5-9-18/h2-11,16H,12-15H2,1H3,(H,22,25). The summed E-state index contributed by atoms with van der Waals surface area (Å²) in [4.78, 5) is 16.6. The predicted molar refractivity (Wildman–Crippen MR) is 100 cm³/mol. The van der Waals surface area contributed by atoms with Crippen molar-refractivity contribution in [1.82, 2.24) is 14.9 Å². The van der Waals surface area contributed by atoms with E-state index in [0.717, 1.165) is 23.5 Å². The van der Waals surface area contributed by atoms with Crippen LogP contribution in [0.1, 0.15) is 17.7 Å². The average molecular weight is 333 g/mol. The molecule has 25 heavy (non-hydrogen) atoms. The molecule has 4 nitrogen and oxygen atoms in total. The van der Waals surface area contributed by atoms with E-state index in [0.29, 0.717) is 19.5 Å². The summed E-state index contributed by atoms with van der Waals surface area (Å²) >= 11 is 0. The molecule has 3 rings (SSSR count). The molecule has 0 aliphatic carbocycles. The highest BCUT2D eigenvalue weighted by molar-refractivity contribution is 5.76. The van der Waals surface area contributed by atoms with Crippen molar-refractivity contribution in [3.8, 4) is 11.4 Å². The summed E-state index contributed by atoms with van der Waals surface area (Å²) in [6.45, 7) is 3.36. The van der Waals surface area contributed by atoms with E-state index >= 15 is 0 Å². The van der Waals surface area contributed by atoms with Crippen molar-refractivity contribution in [2.24, 2.45) is 0 Å². The Morgan fingerprint density at radius 2 is 1.72 bits per heavy atom. The Kier molecular flexibility index (Phi) is 5.62. The van der Waals surface area contributed by atoms with E-state index < -0.39 is 0 Å². The summed E-state index contributed by atoms with van der Waals surface area (Å²) in [6, 6.07) is 20.2. The van der Waals surface area contributed by atoms with Gasteiger partial charge in [0.2, 0.25) is 5.91 Å². The second-order valence-corrected chi connectivity index (χ2v) is 6.08. The first-order chi connectivity index (χ1) is 12.2. The van der Waals surface area contributed by atoms with E-state index in [1.165, 1.54) is 5.56 Å². The monoisotopic (exact) mass is 333 g/mol. The molecule has 0 aliphatic heterocycles. The SMILES string of the molecule is Cc1cnc(-c2ccccc2)n1CCNC(=O)CCc1ccccc1. The van der Waals surface area contributed by atoms with Crippen molar-refractivity contribution in [2.45, 2.75) is 26.3 Å². The summed E-state index contributed by atoms with van der Waals surface area (Å²) in [5, 5.41) is 3.01. The van der Waals surface area contributed by atoms with Crippen molar-refractivity contribution >= 4 is 5.91 Å². The van der Waals surface area contributed by atoms with Gasteiger partial charge in [-0.25, -0.2) is 4.98 Å². The van der Waals surface area contributed by atoms with Crippen molar-refractivity contribution < 1.29 is 4.79 Å². The molecule has 0 fully saturated rings. The number of carbonyl (C=O) groups is 1. The van der Waals surface area contributed by atoms with E-state index in [2.05, 4.69) is 27.0 Å². The fraction of sp³-hybridized carbons (Fsp3) is 0.238. The number of imidazole rings is 1. The quantitative estimate of drug-likeness (QED) is 0.718. The van der Waals surface area contributed by atoms with Crippen LogP contribution in [0.5, 0.6) is 0 Å². The molecular formula is C21H23N3O. The minimum absolute atomic E-state index is 0.0860. The molecule has 1 heterocycles. The van der Waals surface area contributed by atoms with Crippen LogP contribution in [0.2, 0.25) is 0 Å². The Labute approximate surface area is 148 Å². The van der Waals surface area contributed by atoms with Crippen LogP contribution in [0.25, 0.3) is 11.4 Å². The van der Waals surface area contributed by atoms with Gasteiger partial charge < -0.3 is 9.88 Å². The second-order valence-electron chi connectivity index (χ2n) is 6.08. The number of hydrogen-bond donors (Lipinski definition) is 1. The third-order valence-electron chi connectivity index (χ3n) is 4.23. The van der Waals surface area contributed by atoms with E-state index in [4.69, 9.17) is 0 Å². The smallest absolute Gasteiger partial charge is 0.220 e. The predicted octanol–water partition coefficient (Wildman–Crippen LogP) is 3.61. The van der Waals surface area contributed by atoms with Crippen molar-refractivity contribution in [1.29, 1.82) is 0 Å². The number of nitrogens with one attached hydrogen (secondary N) is 1. The lowest BCUT2D eigenvalue weighted by atomic mass is 10.1. The number of rotatable bonds is 7. The van der Waals surface area contributed by atoms with Gasteiger partial charge in [0.1, 0.15) is 5.82 Å². The third-order valence-corrected chi connectivity index (χ3v) is 4.23. The van der Waals surface area contributed by atoms with Gasteiger partial charge in [0, 0.05) is 37.0 Å². The number of aryl methyl sites for hydroxylation is 2. The summed E-state index contributed by atoms with van der Waals surface area (Å²) in [5.74, 6) is 1.03. The second kappa shape index (κ2) is 8.29. The summed E-state index contributed by atoms with van der Waals surface area (Å²) in [7, 11) is 0. The molecule has 0 radical (unpaired) electrons. The number of benzene rings is 2. The van der Waals surface area contributed by atoms with Crippen LogP contribution in [0.15, 0.2) is 66.9 Å². The van der Waals surface area contributed by atoms with Gasteiger partial charge in [-0.15, -0.1) is 0 Å². The van der Waals surface area contributed by atoms with E-state index in [-0.39, 0.29) is 5.91 Å². The Morgan fingerprint density at radius 1 is 1.04 bits per heavy atom. The first-order valence-electron chi connectivity index (χ1n) is 8.62. The average Bonchev–Trinajstić information content (AvgIpc) is 3.02. The molecule has 128 valence electrons. The molecule has 0 saturated carbocycles. The maximum atomic E-state index is 12.0. The van der Waals surface area contributed by atoms with Crippen LogP contribution >= 0.6 is 0 Å².